The first-order valence-corrected chi connectivity index (χ1v) is 6.33. The number of aromatic nitrogens is 2. The molecule has 1 aromatic heterocycles. The number of hydrogen-bond donors (Lipinski definition) is 0. The molecule has 0 bridgehead atoms. The molecule has 0 aliphatic heterocycles. The fourth-order valence-electron chi connectivity index (χ4n) is 1.86. The van der Waals surface area contributed by atoms with Gasteiger partial charge in [-0.1, -0.05) is 29.4 Å². The number of rotatable bonds is 5. The van der Waals surface area contributed by atoms with Crippen molar-refractivity contribution in [3.05, 3.63) is 40.4 Å². The van der Waals surface area contributed by atoms with Crippen LogP contribution in [-0.4, -0.2) is 22.4 Å². The maximum Gasteiger partial charge on any atom is 0.441 e. The van der Waals surface area contributed by atoms with Crippen molar-refractivity contribution >= 4 is 0 Å². The van der Waals surface area contributed by atoms with Crippen molar-refractivity contribution in [1.82, 2.24) is 9.72 Å². The molecule has 0 saturated heterocycles. The van der Waals surface area contributed by atoms with Crippen LogP contribution in [-0.2, 0) is 11.3 Å². The van der Waals surface area contributed by atoms with E-state index >= 15 is 0 Å². The first-order valence-electron chi connectivity index (χ1n) is 6.33. The average molecular weight is 262 g/mol. The predicted molar refractivity (Wildman–Crippen MR) is 72.0 cm³/mol. The van der Waals surface area contributed by atoms with E-state index in [4.69, 9.17) is 9.26 Å². The van der Waals surface area contributed by atoms with Crippen molar-refractivity contribution in [3.8, 4) is 11.4 Å². The third-order valence-corrected chi connectivity index (χ3v) is 2.84. The Bertz CT molecular complexity index is 599. The topological polar surface area (TPSA) is 57.3 Å². The van der Waals surface area contributed by atoms with Crippen LogP contribution >= 0.6 is 0 Å². The molecule has 0 radical (unpaired) electrons. The van der Waals surface area contributed by atoms with Crippen LogP contribution in [0, 0.1) is 6.92 Å². The van der Waals surface area contributed by atoms with Gasteiger partial charge in [0.15, 0.2) is 5.82 Å². The van der Waals surface area contributed by atoms with Crippen molar-refractivity contribution in [2.45, 2.75) is 33.4 Å². The SMILES string of the molecule is Cc1ccccc1-c1noc(=O)n1CCOC(C)C. The number of benzene rings is 1. The molecule has 0 saturated carbocycles. The lowest BCUT2D eigenvalue weighted by Gasteiger charge is -2.09. The normalized spacial score (nSPS) is 11.2. The van der Waals surface area contributed by atoms with Gasteiger partial charge in [-0.15, -0.1) is 0 Å². The lowest BCUT2D eigenvalue weighted by Crippen LogP contribution is -2.20. The van der Waals surface area contributed by atoms with E-state index in [-0.39, 0.29) is 6.10 Å². The number of nitrogens with zero attached hydrogens (tertiary/aromatic N) is 2. The fourth-order valence-corrected chi connectivity index (χ4v) is 1.86. The molecule has 0 aliphatic carbocycles. The van der Waals surface area contributed by atoms with E-state index in [1.165, 1.54) is 4.57 Å². The van der Waals surface area contributed by atoms with Gasteiger partial charge in [0.05, 0.1) is 19.3 Å². The second-order valence-corrected chi connectivity index (χ2v) is 4.66. The molecule has 0 spiro atoms. The Kier molecular flexibility index (Phi) is 4.16. The molecule has 1 heterocycles. The molecule has 0 fully saturated rings. The minimum absolute atomic E-state index is 0.137. The highest BCUT2D eigenvalue weighted by molar-refractivity contribution is 5.59. The summed E-state index contributed by atoms with van der Waals surface area (Å²) in [5, 5.41) is 3.86. The first kappa shape index (κ1) is 13.5. The van der Waals surface area contributed by atoms with Gasteiger partial charge in [0.25, 0.3) is 0 Å². The van der Waals surface area contributed by atoms with E-state index in [0.717, 1.165) is 11.1 Å². The van der Waals surface area contributed by atoms with Gasteiger partial charge in [-0.2, -0.15) is 0 Å². The standard InChI is InChI=1S/C14H18N2O3/c1-10(2)18-9-8-16-13(15-19-14(16)17)12-7-5-4-6-11(12)3/h4-7,10H,8-9H2,1-3H3. The Morgan fingerprint density at radius 1 is 1.37 bits per heavy atom. The van der Waals surface area contributed by atoms with Crippen LogP contribution in [0.2, 0.25) is 0 Å². The molecule has 0 aliphatic rings. The van der Waals surface area contributed by atoms with Crippen LogP contribution in [0.4, 0.5) is 0 Å². The van der Waals surface area contributed by atoms with E-state index in [1.807, 2.05) is 45.0 Å². The van der Waals surface area contributed by atoms with Gasteiger partial charge in [-0.25, -0.2) is 4.79 Å². The second kappa shape index (κ2) is 5.84. The van der Waals surface area contributed by atoms with Crippen LogP contribution in [0.15, 0.2) is 33.6 Å². The van der Waals surface area contributed by atoms with Crippen molar-refractivity contribution < 1.29 is 9.26 Å². The maximum atomic E-state index is 11.7. The van der Waals surface area contributed by atoms with Crippen molar-refractivity contribution in [2.24, 2.45) is 0 Å². The Morgan fingerprint density at radius 2 is 2.11 bits per heavy atom. The molecule has 102 valence electrons. The van der Waals surface area contributed by atoms with Crippen molar-refractivity contribution in [3.63, 3.8) is 0 Å². The monoisotopic (exact) mass is 262 g/mol. The summed E-state index contributed by atoms with van der Waals surface area (Å²) in [4.78, 5) is 11.7. The predicted octanol–water partition coefficient (Wildman–Crippen LogP) is 2.24. The Hall–Kier alpha value is -1.88. The quantitative estimate of drug-likeness (QED) is 0.829. The minimum atomic E-state index is -0.453. The molecule has 0 unspecified atom stereocenters. The van der Waals surface area contributed by atoms with Gasteiger partial charge in [0.1, 0.15) is 0 Å². The zero-order chi connectivity index (χ0) is 13.8. The van der Waals surface area contributed by atoms with Crippen LogP contribution in [0.1, 0.15) is 19.4 Å². The molecule has 0 atom stereocenters. The van der Waals surface area contributed by atoms with E-state index in [2.05, 4.69) is 5.16 Å². The highest BCUT2D eigenvalue weighted by Crippen LogP contribution is 2.19. The molecular weight excluding hydrogens is 244 g/mol. The summed E-state index contributed by atoms with van der Waals surface area (Å²) < 4.78 is 11.7. The lowest BCUT2D eigenvalue weighted by molar-refractivity contribution is 0.0719. The molecule has 5 heteroatoms. The average Bonchev–Trinajstić information content (AvgIpc) is 2.72. The smallest absolute Gasteiger partial charge is 0.377 e. The highest BCUT2D eigenvalue weighted by atomic mass is 16.5. The molecule has 1 aromatic carbocycles. The van der Waals surface area contributed by atoms with Crippen LogP contribution < -0.4 is 5.76 Å². The third-order valence-electron chi connectivity index (χ3n) is 2.84. The Labute approximate surface area is 111 Å². The number of ether oxygens (including phenoxy) is 1. The van der Waals surface area contributed by atoms with Crippen LogP contribution in [0.5, 0.6) is 0 Å². The van der Waals surface area contributed by atoms with Gasteiger partial charge in [-0.3, -0.25) is 9.09 Å². The van der Waals surface area contributed by atoms with Gasteiger partial charge in [-0.05, 0) is 26.3 Å². The van der Waals surface area contributed by atoms with Gasteiger partial charge in [0.2, 0.25) is 0 Å². The number of aryl methyl sites for hydroxylation is 1. The van der Waals surface area contributed by atoms with E-state index in [1.54, 1.807) is 0 Å². The summed E-state index contributed by atoms with van der Waals surface area (Å²) in [6.45, 7) is 6.78. The summed E-state index contributed by atoms with van der Waals surface area (Å²) in [5.74, 6) is 0.0982. The molecule has 19 heavy (non-hydrogen) atoms. The minimum Gasteiger partial charge on any atom is -0.377 e. The molecule has 0 N–H and O–H groups in total. The summed E-state index contributed by atoms with van der Waals surface area (Å²) in [7, 11) is 0. The van der Waals surface area contributed by atoms with Crippen LogP contribution in [0.3, 0.4) is 0 Å². The van der Waals surface area contributed by atoms with E-state index < -0.39 is 5.76 Å². The molecule has 0 amide bonds. The highest BCUT2D eigenvalue weighted by Gasteiger charge is 2.14. The molecule has 2 rings (SSSR count). The Balaban J connectivity index is 2.28. The van der Waals surface area contributed by atoms with Gasteiger partial charge in [0, 0.05) is 5.56 Å². The molecule has 2 aromatic rings. The largest absolute Gasteiger partial charge is 0.441 e. The first-order chi connectivity index (χ1) is 9.09. The molecule has 5 nitrogen and oxygen atoms in total. The van der Waals surface area contributed by atoms with Gasteiger partial charge < -0.3 is 4.74 Å². The second-order valence-electron chi connectivity index (χ2n) is 4.66. The van der Waals surface area contributed by atoms with Gasteiger partial charge >= 0.3 is 5.76 Å². The zero-order valence-electron chi connectivity index (χ0n) is 11.4. The van der Waals surface area contributed by atoms with Crippen molar-refractivity contribution in [1.29, 1.82) is 0 Å². The van der Waals surface area contributed by atoms with Crippen molar-refractivity contribution in [2.75, 3.05) is 6.61 Å². The summed E-state index contributed by atoms with van der Waals surface area (Å²) in [6, 6.07) is 7.76. The zero-order valence-corrected chi connectivity index (χ0v) is 11.4. The van der Waals surface area contributed by atoms with E-state index in [9.17, 15) is 4.79 Å². The third kappa shape index (κ3) is 3.12. The maximum absolute atomic E-state index is 11.7. The summed E-state index contributed by atoms with van der Waals surface area (Å²) in [5.41, 5.74) is 1.95. The summed E-state index contributed by atoms with van der Waals surface area (Å²) >= 11 is 0. The fraction of sp³-hybridized carbons (Fsp3) is 0.429. The molecular formula is C14H18N2O3. The lowest BCUT2D eigenvalue weighted by atomic mass is 10.1. The van der Waals surface area contributed by atoms with E-state index in [0.29, 0.717) is 19.0 Å². The Morgan fingerprint density at radius 3 is 2.79 bits per heavy atom. The number of hydrogen-bond acceptors (Lipinski definition) is 4. The summed E-state index contributed by atoms with van der Waals surface area (Å²) in [6.07, 6.45) is 0.137. The van der Waals surface area contributed by atoms with Crippen LogP contribution in [0.25, 0.3) is 11.4 Å².